The van der Waals surface area contributed by atoms with Crippen LogP contribution in [-0.4, -0.2) is 28.8 Å². The third-order valence-corrected chi connectivity index (χ3v) is 10.6. The summed E-state index contributed by atoms with van der Waals surface area (Å²) in [6.45, 7) is 14.8. The van der Waals surface area contributed by atoms with Crippen LogP contribution in [0.5, 0.6) is 5.75 Å². The number of phenols is 1. The fourth-order valence-electron chi connectivity index (χ4n) is 7.04. The number of carbonyl (C=O) groups excluding carboxylic acids is 1. The van der Waals surface area contributed by atoms with Crippen LogP contribution in [0.15, 0.2) is 12.1 Å². The molecule has 5 heteroatoms. The first-order chi connectivity index (χ1) is 24.3. The summed E-state index contributed by atoms with van der Waals surface area (Å²) in [4.78, 5) is 24.9. The zero-order chi connectivity index (χ0) is 38.0. The lowest BCUT2D eigenvalue weighted by atomic mass is 9.78. The van der Waals surface area contributed by atoms with Gasteiger partial charge >= 0.3 is 11.9 Å². The van der Waals surface area contributed by atoms with Gasteiger partial charge in [-0.2, -0.15) is 0 Å². The fraction of sp³-hybridized carbons (Fsp3) is 0.826. The Morgan fingerprint density at radius 3 is 1.24 bits per heavy atom. The standard InChI is InChI=1S/C46H82O5/c1-8-9-10-11-12-13-14-15-16-17-18-19-20-21-22-23-24-25-26-27-28-29-30-31-32-33-34-51-44(50)40(43(48)49)36-38-35-39(45(2,3)4)37-41(42(38)47)46(5,6)7/h35,37,40,47H,8-34,36H2,1-7H3,(H,48,49). The van der Waals surface area contributed by atoms with Crippen molar-refractivity contribution in [3.05, 3.63) is 28.8 Å². The van der Waals surface area contributed by atoms with Crippen molar-refractivity contribution in [1.82, 2.24) is 0 Å². The maximum atomic E-state index is 12.8. The van der Waals surface area contributed by atoms with E-state index in [0.29, 0.717) is 5.56 Å². The van der Waals surface area contributed by atoms with Gasteiger partial charge < -0.3 is 14.9 Å². The van der Waals surface area contributed by atoms with Crippen LogP contribution in [0.1, 0.15) is 232 Å². The number of aromatic hydroxyl groups is 1. The molecule has 0 aromatic heterocycles. The van der Waals surface area contributed by atoms with Crippen molar-refractivity contribution in [2.24, 2.45) is 5.92 Å². The van der Waals surface area contributed by atoms with Crippen molar-refractivity contribution in [3.63, 3.8) is 0 Å². The summed E-state index contributed by atoms with van der Waals surface area (Å²) < 4.78 is 5.43. The van der Waals surface area contributed by atoms with Crippen LogP contribution < -0.4 is 0 Å². The van der Waals surface area contributed by atoms with Gasteiger partial charge in [-0.05, 0) is 40.4 Å². The number of carboxylic acids is 1. The SMILES string of the molecule is CCCCCCCCCCCCCCCCCCCCCCCCCCCCOC(=O)C(Cc1cc(C(C)(C)C)cc(C(C)(C)C)c1O)C(=O)O. The molecule has 0 aliphatic carbocycles. The van der Waals surface area contributed by atoms with E-state index in [1.165, 1.54) is 148 Å². The van der Waals surface area contributed by atoms with Gasteiger partial charge in [-0.25, -0.2) is 0 Å². The third-order valence-electron chi connectivity index (χ3n) is 10.6. The number of rotatable bonds is 31. The first-order valence-electron chi connectivity index (χ1n) is 21.5. The summed E-state index contributed by atoms with van der Waals surface area (Å²) in [5, 5.41) is 20.9. The first-order valence-corrected chi connectivity index (χ1v) is 21.5. The molecule has 0 bridgehead atoms. The van der Waals surface area contributed by atoms with Crippen LogP contribution in [0, 0.1) is 5.92 Å². The highest BCUT2D eigenvalue weighted by Crippen LogP contribution is 2.38. The van der Waals surface area contributed by atoms with E-state index >= 15 is 0 Å². The highest BCUT2D eigenvalue weighted by atomic mass is 16.5. The molecule has 1 unspecified atom stereocenters. The minimum Gasteiger partial charge on any atom is -0.507 e. The summed E-state index contributed by atoms with van der Waals surface area (Å²) in [6, 6.07) is 3.84. The van der Waals surface area contributed by atoms with Gasteiger partial charge in [0.05, 0.1) is 6.61 Å². The summed E-state index contributed by atoms with van der Waals surface area (Å²) >= 11 is 0. The van der Waals surface area contributed by atoms with Crippen molar-refractivity contribution in [1.29, 1.82) is 0 Å². The normalized spacial score (nSPS) is 12.7. The van der Waals surface area contributed by atoms with Gasteiger partial charge in [-0.3, -0.25) is 9.59 Å². The Labute approximate surface area is 315 Å². The lowest BCUT2D eigenvalue weighted by molar-refractivity contribution is -0.158. The maximum absolute atomic E-state index is 12.8. The molecule has 0 radical (unpaired) electrons. The van der Waals surface area contributed by atoms with E-state index in [0.717, 1.165) is 30.4 Å². The van der Waals surface area contributed by atoms with E-state index in [1.54, 1.807) is 0 Å². The Kier molecular flexibility index (Phi) is 25.4. The third kappa shape index (κ3) is 22.6. The Bertz CT molecular complexity index is 1050. The molecule has 0 fully saturated rings. The van der Waals surface area contributed by atoms with Gasteiger partial charge in [0, 0.05) is 0 Å². The molecule has 1 atom stereocenters. The molecule has 0 saturated heterocycles. The monoisotopic (exact) mass is 715 g/mol. The molecular formula is C46H82O5. The number of esters is 1. The Morgan fingerprint density at radius 2 is 0.922 bits per heavy atom. The number of hydrogen-bond acceptors (Lipinski definition) is 4. The summed E-state index contributed by atoms with van der Waals surface area (Å²) in [5.41, 5.74) is 1.73. The average molecular weight is 715 g/mol. The number of carboxylic acid groups (broad SMARTS) is 1. The van der Waals surface area contributed by atoms with Crippen LogP contribution >= 0.6 is 0 Å². The van der Waals surface area contributed by atoms with Gasteiger partial charge in [0.25, 0.3) is 0 Å². The van der Waals surface area contributed by atoms with Crippen molar-refractivity contribution in [2.45, 2.75) is 233 Å². The van der Waals surface area contributed by atoms with Gasteiger partial charge in [-0.15, -0.1) is 0 Å². The number of aliphatic carboxylic acids is 1. The predicted octanol–water partition coefficient (Wildman–Crippen LogP) is 13.9. The lowest BCUT2D eigenvalue weighted by Crippen LogP contribution is -2.29. The van der Waals surface area contributed by atoms with Crippen LogP contribution in [-0.2, 0) is 31.6 Å². The molecule has 0 amide bonds. The minimum atomic E-state index is -1.34. The van der Waals surface area contributed by atoms with Crippen molar-refractivity contribution in [3.8, 4) is 5.75 Å². The molecule has 0 heterocycles. The zero-order valence-electron chi connectivity index (χ0n) is 34.7. The lowest BCUT2D eigenvalue weighted by Gasteiger charge is -2.28. The van der Waals surface area contributed by atoms with Crippen LogP contribution in [0.3, 0.4) is 0 Å². The molecule has 5 nitrogen and oxygen atoms in total. The van der Waals surface area contributed by atoms with Gasteiger partial charge in [0.2, 0.25) is 0 Å². The number of unbranched alkanes of at least 4 members (excludes halogenated alkanes) is 25. The molecule has 1 rings (SSSR count). The predicted molar refractivity (Wildman–Crippen MR) is 217 cm³/mol. The summed E-state index contributed by atoms with van der Waals surface area (Å²) in [5.74, 6) is -3.21. The van der Waals surface area contributed by atoms with E-state index in [1.807, 2.05) is 32.9 Å². The molecule has 0 aliphatic rings. The highest BCUT2D eigenvalue weighted by molar-refractivity contribution is 5.94. The molecule has 1 aromatic rings. The number of hydrogen-bond donors (Lipinski definition) is 2. The minimum absolute atomic E-state index is 0.0740. The van der Waals surface area contributed by atoms with E-state index in [9.17, 15) is 19.8 Å². The van der Waals surface area contributed by atoms with E-state index in [2.05, 4.69) is 27.7 Å². The van der Waals surface area contributed by atoms with Crippen LogP contribution in [0.2, 0.25) is 0 Å². The van der Waals surface area contributed by atoms with Gasteiger partial charge in [0.15, 0.2) is 5.92 Å². The average Bonchev–Trinajstić information content (AvgIpc) is 3.06. The zero-order valence-corrected chi connectivity index (χ0v) is 34.7. The number of phenolic OH excluding ortho intramolecular Hbond substituents is 1. The van der Waals surface area contributed by atoms with Crippen molar-refractivity contribution >= 4 is 11.9 Å². The second-order valence-corrected chi connectivity index (χ2v) is 17.6. The second kappa shape index (κ2) is 27.5. The molecular weight excluding hydrogens is 633 g/mol. The molecule has 0 spiro atoms. The molecule has 1 aromatic carbocycles. The van der Waals surface area contributed by atoms with Crippen LogP contribution in [0.4, 0.5) is 0 Å². The molecule has 0 saturated carbocycles. The number of carbonyl (C=O) groups is 2. The van der Waals surface area contributed by atoms with Crippen molar-refractivity contribution in [2.75, 3.05) is 6.61 Å². The van der Waals surface area contributed by atoms with Crippen LogP contribution in [0.25, 0.3) is 0 Å². The quantitative estimate of drug-likeness (QED) is 0.0454. The van der Waals surface area contributed by atoms with E-state index < -0.39 is 17.9 Å². The summed E-state index contributed by atoms with van der Waals surface area (Å²) in [7, 11) is 0. The Morgan fingerprint density at radius 1 is 0.569 bits per heavy atom. The summed E-state index contributed by atoms with van der Waals surface area (Å²) in [6.07, 6.45) is 34.9. The fourth-order valence-corrected chi connectivity index (χ4v) is 7.04. The van der Waals surface area contributed by atoms with Gasteiger partial charge in [0.1, 0.15) is 5.75 Å². The largest absolute Gasteiger partial charge is 0.507 e. The Hall–Kier alpha value is -2.04. The van der Waals surface area contributed by atoms with Crippen molar-refractivity contribution < 1.29 is 24.5 Å². The topological polar surface area (TPSA) is 83.8 Å². The van der Waals surface area contributed by atoms with Gasteiger partial charge in [-0.1, -0.05) is 221 Å². The Balaban J connectivity index is 2.06. The highest BCUT2D eigenvalue weighted by Gasteiger charge is 2.32. The second-order valence-electron chi connectivity index (χ2n) is 17.6. The molecule has 51 heavy (non-hydrogen) atoms. The number of ether oxygens (including phenoxy) is 1. The molecule has 2 N–H and O–H groups in total. The number of benzene rings is 1. The first kappa shape index (κ1) is 47.0. The van der Waals surface area contributed by atoms with E-state index in [4.69, 9.17) is 4.74 Å². The smallest absolute Gasteiger partial charge is 0.320 e. The molecule has 296 valence electrons. The maximum Gasteiger partial charge on any atom is 0.320 e. The van der Waals surface area contributed by atoms with E-state index in [-0.39, 0.29) is 29.6 Å². The molecule has 0 aliphatic heterocycles.